The number of ether oxygens (including phenoxy) is 1. The van der Waals surface area contributed by atoms with Crippen LogP contribution in [0.2, 0.25) is 0 Å². The molecule has 4 heterocycles. The topological polar surface area (TPSA) is 74.3 Å². The number of benzene rings is 1. The molecular weight excluding hydrogens is 412 g/mol. The fourth-order valence-electron chi connectivity index (χ4n) is 3.99. The fourth-order valence-corrected chi connectivity index (χ4v) is 5.01. The minimum absolute atomic E-state index is 0.0254. The van der Waals surface area contributed by atoms with E-state index in [-0.39, 0.29) is 5.56 Å². The van der Waals surface area contributed by atoms with E-state index in [4.69, 9.17) is 14.1 Å². The highest BCUT2D eigenvalue weighted by Crippen LogP contribution is 2.33. The molecule has 0 saturated heterocycles. The zero-order chi connectivity index (χ0) is 21.7. The van der Waals surface area contributed by atoms with Crippen molar-refractivity contribution < 1.29 is 13.9 Å². The van der Waals surface area contributed by atoms with Crippen LogP contribution >= 0.6 is 11.3 Å². The molecule has 0 unspecified atom stereocenters. The van der Waals surface area contributed by atoms with Gasteiger partial charge in [0.05, 0.1) is 18.1 Å². The number of fused-ring (bicyclic) bond motifs is 2. The molecule has 0 atom stereocenters. The van der Waals surface area contributed by atoms with Gasteiger partial charge in [-0.1, -0.05) is 18.2 Å². The van der Waals surface area contributed by atoms with E-state index in [1.807, 2.05) is 44.2 Å². The summed E-state index contributed by atoms with van der Waals surface area (Å²) < 4.78 is 12.7. The fraction of sp³-hybridized carbons (Fsp3) is 0.208. The van der Waals surface area contributed by atoms with Crippen LogP contribution in [0.5, 0.6) is 0 Å². The van der Waals surface area contributed by atoms with Crippen LogP contribution in [0.4, 0.5) is 0 Å². The lowest BCUT2D eigenvalue weighted by atomic mass is 10.1. The maximum absolute atomic E-state index is 13.0. The summed E-state index contributed by atoms with van der Waals surface area (Å²) in [5, 5.41) is 0.729. The van der Waals surface area contributed by atoms with E-state index in [1.54, 1.807) is 28.0 Å². The Hall–Kier alpha value is -3.45. The molecule has 1 aliphatic rings. The molecule has 1 aromatic carbocycles. The molecular formula is C24H20N2O4S. The van der Waals surface area contributed by atoms with Crippen molar-refractivity contribution in [2.45, 2.75) is 26.8 Å². The molecule has 0 spiro atoms. The number of nitrogens with zero attached hydrogens (tertiary/aromatic N) is 2. The normalized spacial score (nSPS) is 14.4. The van der Waals surface area contributed by atoms with E-state index in [0.717, 1.165) is 26.2 Å². The molecule has 0 bridgehead atoms. The number of carbonyl (C=O) groups is 1. The standard InChI is InChI=1S/C24H20N2O4S/c1-13-14(2)31-22-20(13)23(27)26-11-10-15(21(26)25-22)12-16-8-9-19(30-16)17-6-4-5-7-18(17)24(28)29-3/h4-9,12H,10-11H2,1-3H3/b15-12+. The zero-order valence-electron chi connectivity index (χ0n) is 17.4. The van der Waals surface area contributed by atoms with Gasteiger partial charge in [-0.3, -0.25) is 9.36 Å². The third-order valence-corrected chi connectivity index (χ3v) is 6.82. The minimum Gasteiger partial charge on any atom is -0.465 e. The predicted octanol–water partition coefficient (Wildman–Crippen LogP) is 5.07. The van der Waals surface area contributed by atoms with Crippen LogP contribution in [0.25, 0.3) is 33.2 Å². The summed E-state index contributed by atoms with van der Waals surface area (Å²) in [5.74, 6) is 1.51. The average molecular weight is 433 g/mol. The van der Waals surface area contributed by atoms with Crippen molar-refractivity contribution in [3.05, 3.63) is 74.3 Å². The Balaban J connectivity index is 1.56. The van der Waals surface area contributed by atoms with Gasteiger partial charge in [0.15, 0.2) is 0 Å². The molecule has 6 nitrogen and oxygen atoms in total. The molecule has 0 radical (unpaired) electrons. The van der Waals surface area contributed by atoms with Crippen LogP contribution in [-0.2, 0) is 11.3 Å². The van der Waals surface area contributed by atoms with Crippen LogP contribution in [0.1, 0.15) is 38.8 Å². The smallest absolute Gasteiger partial charge is 0.338 e. The molecule has 3 aromatic heterocycles. The molecule has 7 heteroatoms. The number of hydrogen-bond donors (Lipinski definition) is 0. The SMILES string of the molecule is COC(=O)c1ccccc1-c1ccc(/C=C2\CCn3c2nc2sc(C)c(C)c2c3=O)o1. The monoisotopic (exact) mass is 432 g/mol. The highest BCUT2D eigenvalue weighted by molar-refractivity contribution is 7.18. The van der Waals surface area contributed by atoms with Crippen LogP contribution in [0.15, 0.2) is 45.6 Å². The van der Waals surface area contributed by atoms with E-state index >= 15 is 0 Å². The predicted molar refractivity (Wildman–Crippen MR) is 121 cm³/mol. The van der Waals surface area contributed by atoms with E-state index in [1.165, 1.54) is 7.11 Å². The Kier molecular flexibility index (Phi) is 4.63. The van der Waals surface area contributed by atoms with Crippen LogP contribution in [-0.4, -0.2) is 22.6 Å². The third kappa shape index (κ3) is 3.13. The first kappa shape index (κ1) is 19.5. The molecule has 0 amide bonds. The number of hydrogen-bond acceptors (Lipinski definition) is 6. The van der Waals surface area contributed by atoms with Crippen LogP contribution < -0.4 is 5.56 Å². The van der Waals surface area contributed by atoms with Gasteiger partial charge in [0.2, 0.25) is 0 Å². The summed E-state index contributed by atoms with van der Waals surface area (Å²) in [6.07, 6.45) is 2.64. The van der Waals surface area contributed by atoms with Crippen LogP contribution in [0.3, 0.4) is 0 Å². The molecule has 0 saturated carbocycles. The van der Waals surface area contributed by atoms with Gasteiger partial charge in [0.1, 0.15) is 22.2 Å². The van der Waals surface area contributed by atoms with E-state index < -0.39 is 5.97 Å². The Morgan fingerprint density at radius 1 is 1.23 bits per heavy atom. The maximum Gasteiger partial charge on any atom is 0.338 e. The summed E-state index contributed by atoms with van der Waals surface area (Å²) in [7, 11) is 1.36. The molecule has 1 aliphatic heterocycles. The number of esters is 1. The second kappa shape index (κ2) is 7.35. The Morgan fingerprint density at radius 2 is 2.03 bits per heavy atom. The molecule has 31 heavy (non-hydrogen) atoms. The van der Waals surface area contributed by atoms with Gasteiger partial charge in [0, 0.05) is 22.6 Å². The van der Waals surface area contributed by atoms with Gasteiger partial charge < -0.3 is 9.15 Å². The summed E-state index contributed by atoms with van der Waals surface area (Å²) in [5.41, 5.74) is 3.13. The first-order valence-corrected chi connectivity index (χ1v) is 10.8. The second-order valence-electron chi connectivity index (χ2n) is 7.51. The Morgan fingerprint density at radius 3 is 2.84 bits per heavy atom. The molecule has 5 rings (SSSR count). The van der Waals surface area contributed by atoms with E-state index in [2.05, 4.69) is 0 Å². The highest BCUT2D eigenvalue weighted by Gasteiger charge is 2.24. The van der Waals surface area contributed by atoms with Crippen molar-refractivity contribution in [2.75, 3.05) is 7.11 Å². The van der Waals surface area contributed by atoms with Crippen molar-refractivity contribution in [1.29, 1.82) is 0 Å². The third-order valence-electron chi connectivity index (χ3n) is 5.72. The van der Waals surface area contributed by atoms with Crippen LogP contribution in [0, 0.1) is 13.8 Å². The molecule has 0 N–H and O–H groups in total. The largest absolute Gasteiger partial charge is 0.465 e. The van der Waals surface area contributed by atoms with Crippen molar-refractivity contribution in [3.63, 3.8) is 0 Å². The van der Waals surface area contributed by atoms with E-state index in [0.29, 0.717) is 41.4 Å². The summed E-state index contributed by atoms with van der Waals surface area (Å²) in [6, 6.07) is 10.9. The molecule has 4 aromatic rings. The number of rotatable bonds is 3. The number of methoxy groups -OCH3 is 1. The second-order valence-corrected chi connectivity index (χ2v) is 8.72. The van der Waals surface area contributed by atoms with Crippen molar-refractivity contribution in [2.24, 2.45) is 0 Å². The average Bonchev–Trinajstić information content (AvgIpc) is 3.47. The first-order valence-electron chi connectivity index (χ1n) is 9.97. The summed E-state index contributed by atoms with van der Waals surface area (Å²) >= 11 is 1.56. The van der Waals surface area contributed by atoms with Crippen molar-refractivity contribution in [3.8, 4) is 11.3 Å². The Labute approximate surface area is 182 Å². The highest BCUT2D eigenvalue weighted by atomic mass is 32.1. The zero-order valence-corrected chi connectivity index (χ0v) is 18.2. The molecule has 0 fully saturated rings. The quantitative estimate of drug-likeness (QED) is 0.423. The lowest BCUT2D eigenvalue weighted by Crippen LogP contribution is -2.20. The first-order chi connectivity index (χ1) is 15.0. The lowest BCUT2D eigenvalue weighted by Gasteiger charge is -2.05. The Bertz CT molecular complexity index is 1440. The van der Waals surface area contributed by atoms with Gasteiger partial charge in [-0.15, -0.1) is 11.3 Å². The number of allylic oxidation sites excluding steroid dienone is 1. The van der Waals surface area contributed by atoms with Gasteiger partial charge in [-0.2, -0.15) is 0 Å². The number of furan rings is 1. The number of aryl methyl sites for hydroxylation is 2. The van der Waals surface area contributed by atoms with Gasteiger partial charge in [0.25, 0.3) is 5.56 Å². The number of carbonyl (C=O) groups excluding carboxylic acids is 1. The number of aromatic nitrogens is 2. The molecule has 156 valence electrons. The summed E-state index contributed by atoms with van der Waals surface area (Å²) in [6.45, 7) is 4.60. The maximum atomic E-state index is 13.0. The number of thiophene rings is 1. The van der Waals surface area contributed by atoms with Gasteiger partial charge in [-0.25, -0.2) is 9.78 Å². The van der Waals surface area contributed by atoms with Gasteiger partial charge in [-0.05, 0) is 50.1 Å². The molecule has 0 aliphatic carbocycles. The lowest BCUT2D eigenvalue weighted by molar-refractivity contribution is 0.0601. The van der Waals surface area contributed by atoms with Crippen molar-refractivity contribution in [1.82, 2.24) is 9.55 Å². The minimum atomic E-state index is -0.411. The van der Waals surface area contributed by atoms with Gasteiger partial charge >= 0.3 is 5.97 Å². The van der Waals surface area contributed by atoms with E-state index in [9.17, 15) is 9.59 Å². The summed E-state index contributed by atoms with van der Waals surface area (Å²) in [4.78, 5) is 31.8. The van der Waals surface area contributed by atoms with Crippen molar-refractivity contribution >= 4 is 39.2 Å².